The standard InChI is InChI=1S/C13H21N3O4/c1-5-16-11(6-9(15-16)8(2)3)12(18)14-10(7-17)13(19)20-4/h6,8,10,17H,5,7H2,1-4H3,(H,14,18). The molecule has 1 unspecified atom stereocenters. The number of amides is 1. The van der Waals surface area contributed by atoms with Crippen molar-refractivity contribution in [1.82, 2.24) is 15.1 Å². The van der Waals surface area contributed by atoms with Gasteiger partial charge >= 0.3 is 5.97 Å². The normalized spacial score (nSPS) is 12.3. The van der Waals surface area contributed by atoms with E-state index in [-0.39, 0.29) is 5.92 Å². The van der Waals surface area contributed by atoms with Crippen molar-refractivity contribution in [1.29, 1.82) is 0 Å². The topological polar surface area (TPSA) is 93.5 Å². The summed E-state index contributed by atoms with van der Waals surface area (Å²) < 4.78 is 6.07. The second-order valence-electron chi connectivity index (χ2n) is 4.66. The second kappa shape index (κ2) is 7.04. The highest BCUT2D eigenvalue weighted by Gasteiger charge is 2.23. The summed E-state index contributed by atoms with van der Waals surface area (Å²) >= 11 is 0. The van der Waals surface area contributed by atoms with Gasteiger partial charge in [0.25, 0.3) is 5.91 Å². The molecule has 0 aliphatic rings. The molecule has 7 nitrogen and oxygen atoms in total. The average Bonchev–Trinajstić information content (AvgIpc) is 2.88. The SMILES string of the molecule is CCn1nc(C(C)C)cc1C(=O)NC(CO)C(=O)OC. The van der Waals surface area contributed by atoms with Crippen LogP contribution in [0.1, 0.15) is 42.9 Å². The molecule has 1 heterocycles. The van der Waals surface area contributed by atoms with Crippen LogP contribution in [-0.2, 0) is 16.1 Å². The number of nitrogens with zero attached hydrogens (tertiary/aromatic N) is 2. The smallest absolute Gasteiger partial charge is 0.330 e. The fourth-order valence-corrected chi connectivity index (χ4v) is 1.70. The zero-order valence-electron chi connectivity index (χ0n) is 12.2. The first-order chi connectivity index (χ1) is 9.44. The van der Waals surface area contributed by atoms with Crippen molar-refractivity contribution in [2.45, 2.75) is 39.3 Å². The third-order valence-electron chi connectivity index (χ3n) is 2.90. The minimum Gasteiger partial charge on any atom is -0.467 e. The lowest BCUT2D eigenvalue weighted by molar-refractivity contribution is -0.143. The van der Waals surface area contributed by atoms with Gasteiger partial charge in [0, 0.05) is 6.54 Å². The van der Waals surface area contributed by atoms with E-state index in [1.807, 2.05) is 20.8 Å². The summed E-state index contributed by atoms with van der Waals surface area (Å²) in [6, 6.07) is 0.616. The maximum absolute atomic E-state index is 12.2. The van der Waals surface area contributed by atoms with Gasteiger partial charge in [-0.05, 0) is 18.9 Å². The number of nitrogens with one attached hydrogen (secondary N) is 1. The minimum absolute atomic E-state index is 0.198. The van der Waals surface area contributed by atoms with Crippen LogP contribution in [0.3, 0.4) is 0 Å². The van der Waals surface area contributed by atoms with E-state index in [1.165, 1.54) is 7.11 Å². The van der Waals surface area contributed by atoms with E-state index in [2.05, 4.69) is 15.2 Å². The average molecular weight is 283 g/mol. The van der Waals surface area contributed by atoms with Crippen LogP contribution in [-0.4, -0.2) is 46.5 Å². The summed E-state index contributed by atoms with van der Waals surface area (Å²) in [7, 11) is 1.20. The first-order valence-corrected chi connectivity index (χ1v) is 6.51. The van der Waals surface area contributed by atoms with Crippen LogP contribution in [0, 0.1) is 0 Å². The molecule has 1 rings (SSSR count). The lowest BCUT2D eigenvalue weighted by atomic mass is 10.1. The number of hydrogen-bond acceptors (Lipinski definition) is 5. The second-order valence-corrected chi connectivity index (χ2v) is 4.66. The number of methoxy groups -OCH3 is 1. The molecule has 0 saturated heterocycles. The number of aromatic nitrogens is 2. The van der Waals surface area contributed by atoms with Gasteiger partial charge in [0.1, 0.15) is 5.69 Å². The molecule has 0 spiro atoms. The third-order valence-corrected chi connectivity index (χ3v) is 2.90. The lowest BCUT2D eigenvalue weighted by Gasteiger charge is -2.13. The number of aliphatic hydroxyl groups excluding tert-OH is 1. The lowest BCUT2D eigenvalue weighted by Crippen LogP contribution is -2.44. The van der Waals surface area contributed by atoms with Crippen molar-refractivity contribution in [2.24, 2.45) is 0 Å². The highest BCUT2D eigenvalue weighted by Crippen LogP contribution is 2.14. The molecule has 0 aliphatic carbocycles. The molecule has 1 aromatic rings. The Labute approximate surface area is 117 Å². The van der Waals surface area contributed by atoms with Crippen molar-refractivity contribution < 1.29 is 19.4 Å². The monoisotopic (exact) mass is 283 g/mol. The largest absolute Gasteiger partial charge is 0.467 e. The van der Waals surface area contributed by atoms with Gasteiger partial charge in [-0.2, -0.15) is 5.10 Å². The Morgan fingerprint density at radius 3 is 2.60 bits per heavy atom. The molecule has 1 amide bonds. The van der Waals surface area contributed by atoms with E-state index < -0.39 is 24.5 Å². The van der Waals surface area contributed by atoms with Gasteiger partial charge < -0.3 is 15.2 Å². The van der Waals surface area contributed by atoms with Crippen LogP contribution >= 0.6 is 0 Å². The zero-order valence-corrected chi connectivity index (χ0v) is 12.2. The molecule has 0 aliphatic heterocycles. The van der Waals surface area contributed by atoms with Crippen LogP contribution in [0.15, 0.2) is 6.07 Å². The Hall–Kier alpha value is -1.89. The minimum atomic E-state index is -1.07. The van der Waals surface area contributed by atoms with Crippen LogP contribution in [0.5, 0.6) is 0 Å². The van der Waals surface area contributed by atoms with Crippen molar-refractivity contribution >= 4 is 11.9 Å². The number of esters is 1. The highest BCUT2D eigenvalue weighted by molar-refractivity contribution is 5.95. The van der Waals surface area contributed by atoms with Gasteiger partial charge in [-0.1, -0.05) is 13.8 Å². The Morgan fingerprint density at radius 2 is 2.15 bits per heavy atom. The van der Waals surface area contributed by atoms with Crippen molar-refractivity contribution in [3.05, 3.63) is 17.5 Å². The Morgan fingerprint density at radius 1 is 1.50 bits per heavy atom. The molecule has 7 heteroatoms. The maximum Gasteiger partial charge on any atom is 0.330 e. The molecule has 112 valence electrons. The molecule has 0 saturated carbocycles. The van der Waals surface area contributed by atoms with Gasteiger partial charge in [0.2, 0.25) is 0 Å². The van der Waals surface area contributed by atoms with Gasteiger partial charge in [-0.3, -0.25) is 9.48 Å². The molecule has 0 aromatic carbocycles. The fourth-order valence-electron chi connectivity index (χ4n) is 1.70. The zero-order chi connectivity index (χ0) is 15.3. The number of carbonyl (C=O) groups is 2. The van der Waals surface area contributed by atoms with Crippen LogP contribution < -0.4 is 5.32 Å². The molecule has 1 aromatic heterocycles. The van der Waals surface area contributed by atoms with E-state index >= 15 is 0 Å². The van der Waals surface area contributed by atoms with E-state index in [0.717, 1.165) is 5.69 Å². The molecule has 2 N–H and O–H groups in total. The van der Waals surface area contributed by atoms with E-state index in [0.29, 0.717) is 12.2 Å². The van der Waals surface area contributed by atoms with Gasteiger partial charge in [0.05, 0.1) is 19.4 Å². The first-order valence-electron chi connectivity index (χ1n) is 6.51. The summed E-state index contributed by atoms with van der Waals surface area (Å²) in [6.45, 7) is 5.86. The molecule has 20 heavy (non-hydrogen) atoms. The summed E-state index contributed by atoms with van der Waals surface area (Å²) in [6.07, 6.45) is 0. The summed E-state index contributed by atoms with van der Waals surface area (Å²) in [5.74, 6) is -0.952. The van der Waals surface area contributed by atoms with Crippen molar-refractivity contribution in [3.63, 3.8) is 0 Å². The van der Waals surface area contributed by atoms with Crippen molar-refractivity contribution in [2.75, 3.05) is 13.7 Å². The van der Waals surface area contributed by atoms with E-state index in [1.54, 1.807) is 10.7 Å². The predicted octanol–water partition coefficient (Wildman–Crippen LogP) is 0.290. The molecule has 0 bridgehead atoms. The van der Waals surface area contributed by atoms with Gasteiger partial charge in [0.15, 0.2) is 6.04 Å². The Kier molecular flexibility index (Phi) is 5.69. The summed E-state index contributed by atoms with van der Waals surface area (Å²) in [4.78, 5) is 23.5. The van der Waals surface area contributed by atoms with Crippen LogP contribution in [0.2, 0.25) is 0 Å². The maximum atomic E-state index is 12.2. The molecule has 0 fully saturated rings. The van der Waals surface area contributed by atoms with Crippen LogP contribution in [0.25, 0.3) is 0 Å². The van der Waals surface area contributed by atoms with E-state index in [9.17, 15) is 9.59 Å². The Balaban J connectivity index is 2.93. The van der Waals surface area contributed by atoms with Crippen molar-refractivity contribution in [3.8, 4) is 0 Å². The number of ether oxygens (including phenoxy) is 1. The quantitative estimate of drug-likeness (QED) is 0.732. The number of rotatable bonds is 6. The summed E-state index contributed by atoms with van der Waals surface area (Å²) in [5.41, 5.74) is 1.16. The predicted molar refractivity (Wildman–Crippen MR) is 72.3 cm³/mol. The number of aryl methyl sites for hydroxylation is 1. The van der Waals surface area contributed by atoms with Gasteiger partial charge in [-0.15, -0.1) is 0 Å². The summed E-state index contributed by atoms with van der Waals surface area (Å²) in [5, 5.41) is 15.9. The Bertz CT molecular complexity index is 482. The number of aliphatic hydroxyl groups is 1. The molecular weight excluding hydrogens is 262 g/mol. The molecule has 0 radical (unpaired) electrons. The van der Waals surface area contributed by atoms with Crippen LogP contribution in [0.4, 0.5) is 0 Å². The fraction of sp³-hybridized carbons (Fsp3) is 0.615. The molecule has 1 atom stereocenters. The number of carbonyl (C=O) groups excluding carboxylic acids is 2. The van der Waals surface area contributed by atoms with Gasteiger partial charge in [-0.25, -0.2) is 4.79 Å². The first kappa shape index (κ1) is 16.2. The third kappa shape index (κ3) is 3.57. The highest BCUT2D eigenvalue weighted by atomic mass is 16.5. The van der Waals surface area contributed by atoms with E-state index in [4.69, 9.17) is 5.11 Å². The number of hydrogen-bond donors (Lipinski definition) is 2. The molecular formula is C13H21N3O4.